The van der Waals surface area contributed by atoms with Crippen LogP contribution in [0, 0.1) is 17.8 Å². The van der Waals surface area contributed by atoms with Crippen molar-refractivity contribution in [1.82, 2.24) is 10.6 Å². The molecule has 2 saturated carbocycles. The third-order valence-electron chi connectivity index (χ3n) is 4.16. The van der Waals surface area contributed by atoms with E-state index in [1.807, 2.05) is 0 Å². The van der Waals surface area contributed by atoms with Crippen LogP contribution >= 0.6 is 0 Å². The summed E-state index contributed by atoms with van der Waals surface area (Å²) in [4.78, 5) is 23.1. The molecule has 0 aromatic heterocycles. The minimum atomic E-state index is 0.0612. The van der Waals surface area contributed by atoms with Gasteiger partial charge < -0.3 is 10.6 Å². The molecular weight excluding hydrogens is 228 g/mol. The summed E-state index contributed by atoms with van der Waals surface area (Å²) in [7, 11) is 0. The fourth-order valence-corrected chi connectivity index (χ4v) is 2.68. The Balaban J connectivity index is 1.50. The molecule has 0 saturated heterocycles. The van der Waals surface area contributed by atoms with E-state index in [4.69, 9.17) is 0 Å². The third kappa shape index (κ3) is 4.00. The van der Waals surface area contributed by atoms with Crippen LogP contribution in [0.5, 0.6) is 0 Å². The Morgan fingerprint density at radius 2 is 1.83 bits per heavy atom. The van der Waals surface area contributed by atoms with Gasteiger partial charge in [-0.1, -0.05) is 19.8 Å². The minimum absolute atomic E-state index is 0.0612. The molecule has 2 unspecified atom stereocenters. The van der Waals surface area contributed by atoms with Crippen molar-refractivity contribution in [3.63, 3.8) is 0 Å². The van der Waals surface area contributed by atoms with Crippen LogP contribution in [0.2, 0.25) is 0 Å². The lowest BCUT2D eigenvalue weighted by atomic mass is 10.1. The lowest BCUT2D eigenvalue weighted by Gasteiger charge is -2.10. The second-order valence-electron chi connectivity index (χ2n) is 5.82. The number of hydrogen-bond donors (Lipinski definition) is 2. The van der Waals surface area contributed by atoms with Gasteiger partial charge in [0.2, 0.25) is 11.8 Å². The Kier molecular flexibility index (Phi) is 4.61. The van der Waals surface area contributed by atoms with Gasteiger partial charge in [-0.3, -0.25) is 9.59 Å². The zero-order valence-corrected chi connectivity index (χ0v) is 11.2. The van der Waals surface area contributed by atoms with Crippen molar-refractivity contribution < 1.29 is 9.59 Å². The summed E-state index contributed by atoms with van der Waals surface area (Å²) < 4.78 is 0. The SMILES string of the molecule is CC1CC1C(=O)NCCC(=O)NCC1CCCC1. The van der Waals surface area contributed by atoms with E-state index in [1.165, 1.54) is 25.7 Å². The molecule has 102 valence electrons. The highest BCUT2D eigenvalue weighted by Gasteiger charge is 2.38. The van der Waals surface area contributed by atoms with Gasteiger partial charge in [0.25, 0.3) is 0 Å². The van der Waals surface area contributed by atoms with E-state index in [9.17, 15) is 9.59 Å². The molecule has 2 rings (SSSR count). The van der Waals surface area contributed by atoms with Crippen LogP contribution in [0.15, 0.2) is 0 Å². The van der Waals surface area contributed by atoms with Gasteiger partial charge >= 0.3 is 0 Å². The van der Waals surface area contributed by atoms with Gasteiger partial charge in [0, 0.05) is 25.4 Å². The highest BCUT2D eigenvalue weighted by molar-refractivity contribution is 5.82. The molecule has 2 N–H and O–H groups in total. The van der Waals surface area contributed by atoms with Crippen molar-refractivity contribution in [3.05, 3.63) is 0 Å². The molecule has 0 spiro atoms. The van der Waals surface area contributed by atoms with Gasteiger partial charge in [-0.15, -0.1) is 0 Å². The maximum absolute atomic E-state index is 11.6. The van der Waals surface area contributed by atoms with Crippen molar-refractivity contribution in [2.75, 3.05) is 13.1 Å². The molecule has 2 aliphatic carbocycles. The number of rotatable bonds is 6. The van der Waals surface area contributed by atoms with Gasteiger partial charge in [-0.25, -0.2) is 0 Å². The highest BCUT2D eigenvalue weighted by Crippen LogP contribution is 2.37. The van der Waals surface area contributed by atoms with E-state index >= 15 is 0 Å². The lowest BCUT2D eigenvalue weighted by Crippen LogP contribution is -2.33. The molecule has 0 heterocycles. The van der Waals surface area contributed by atoms with Crippen molar-refractivity contribution in [2.45, 2.75) is 45.4 Å². The van der Waals surface area contributed by atoms with Crippen molar-refractivity contribution in [2.24, 2.45) is 17.8 Å². The van der Waals surface area contributed by atoms with Crippen LogP contribution in [-0.2, 0) is 9.59 Å². The zero-order chi connectivity index (χ0) is 13.0. The van der Waals surface area contributed by atoms with Crippen LogP contribution in [0.25, 0.3) is 0 Å². The number of amides is 2. The first-order valence-electron chi connectivity index (χ1n) is 7.21. The largest absolute Gasteiger partial charge is 0.356 e. The topological polar surface area (TPSA) is 58.2 Å². The van der Waals surface area contributed by atoms with Crippen LogP contribution < -0.4 is 10.6 Å². The Labute approximate surface area is 109 Å². The average Bonchev–Trinajstić information content (AvgIpc) is 2.88. The number of nitrogens with one attached hydrogen (secondary N) is 2. The van der Waals surface area contributed by atoms with E-state index in [-0.39, 0.29) is 17.7 Å². The summed E-state index contributed by atoms with van der Waals surface area (Å²) in [5.41, 5.74) is 0. The summed E-state index contributed by atoms with van der Waals surface area (Å²) in [5.74, 6) is 1.58. The van der Waals surface area contributed by atoms with E-state index in [0.717, 1.165) is 13.0 Å². The fourth-order valence-electron chi connectivity index (χ4n) is 2.68. The number of hydrogen-bond acceptors (Lipinski definition) is 2. The molecule has 0 bridgehead atoms. The van der Waals surface area contributed by atoms with Crippen LogP contribution in [0.4, 0.5) is 0 Å². The molecule has 18 heavy (non-hydrogen) atoms. The summed E-state index contributed by atoms with van der Waals surface area (Å²) in [6, 6.07) is 0. The number of carbonyl (C=O) groups excluding carboxylic acids is 2. The summed E-state index contributed by atoms with van der Waals surface area (Å²) in [6.07, 6.45) is 6.50. The second-order valence-corrected chi connectivity index (χ2v) is 5.82. The van der Waals surface area contributed by atoms with Crippen LogP contribution in [-0.4, -0.2) is 24.9 Å². The molecule has 2 aliphatic rings. The smallest absolute Gasteiger partial charge is 0.223 e. The van der Waals surface area contributed by atoms with E-state index in [1.54, 1.807) is 0 Å². The molecule has 2 fully saturated rings. The van der Waals surface area contributed by atoms with Crippen molar-refractivity contribution in [1.29, 1.82) is 0 Å². The first-order chi connectivity index (χ1) is 8.66. The first-order valence-corrected chi connectivity index (χ1v) is 7.21. The summed E-state index contributed by atoms with van der Waals surface area (Å²) >= 11 is 0. The van der Waals surface area contributed by atoms with E-state index in [2.05, 4.69) is 17.6 Å². The Hall–Kier alpha value is -1.06. The van der Waals surface area contributed by atoms with Crippen molar-refractivity contribution >= 4 is 11.8 Å². The zero-order valence-electron chi connectivity index (χ0n) is 11.2. The van der Waals surface area contributed by atoms with E-state index in [0.29, 0.717) is 24.8 Å². The molecule has 4 nitrogen and oxygen atoms in total. The second kappa shape index (κ2) is 6.21. The Morgan fingerprint density at radius 3 is 2.44 bits per heavy atom. The quantitative estimate of drug-likeness (QED) is 0.752. The Morgan fingerprint density at radius 1 is 1.17 bits per heavy atom. The number of carbonyl (C=O) groups is 2. The Bertz CT molecular complexity index is 311. The minimum Gasteiger partial charge on any atom is -0.356 e. The van der Waals surface area contributed by atoms with Gasteiger partial charge in [-0.2, -0.15) is 0 Å². The normalized spacial score (nSPS) is 26.9. The molecule has 2 atom stereocenters. The molecule has 0 aromatic rings. The molecule has 0 aromatic carbocycles. The summed E-state index contributed by atoms with van der Waals surface area (Å²) in [6.45, 7) is 3.36. The van der Waals surface area contributed by atoms with Gasteiger partial charge in [0.05, 0.1) is 0 Å². The third-order valence-corrected chi connectivity index (χ3v) is 4.16. The van der Waals surface area contributed by atoms with E-state index < -0.39 is 0 Å². The molecule has 2 amide bonds. The maximum Gasteiger partial charge on any atom is 0.223 e. The fraction of sp³-hybridized carbons (Fsp3) is 0.857. The molecule has 4 heteroatoms. The molecule has 0 aliphatic heterocycles. The van der Waals surface area contributed by atoms with Crippen molar-refractivity contribution in [3.8, 4) is 0 Å². The predicted molar refractivity (Wildman–Crippen MR) is 69.9 cm³/mol. The highest BCUT2D eigenvalue weighted by atomic mass is 16.2. The summed E-state index contributed by atoms with van der Waals surface area (Å²) in [5, 5.41) is 5.80. The standard InChI is InChI=1S/C14H24N2O2/c1-10-8-12(10)14(18)15-7-6-13(17)16-9-11-4-2-3-5-11/h10-12H,2-9H2,1H3,(H,15,18)(H,16,17). The molecule has 0 radical (unpaired) electrons. The molecular formula is C14H24N2O2. The monoisotopic (exact) mass is 252 g/mol. The first kappa shape index (κ1) is 13.4. The average molecular weight is 252 g/mol. The van der Waals surface area contributed by atoms with Gasteiger partial charge in [0.1, 0.15) is 0 Å². The van der Waals surface area contributed by atoms with Crippen LogP contribution in [0.1, 0.15) is 45.4 Å². The van der Waals surface area contributed by atoms with Gasteiger partial charge in [-0.05, 0) is 31.1 Å². The maximum atomic E-state index is 11.6. The lowest BCUT2D eigenvalue weighted by molar-refractivity contribution is -0.123. The predicted octanol–water partition coefficient (Wildman–Crippen LogP) is 1.46. The van der Waals surface area contributed by atoms with Gasteiger partial charge in [0.15, 0.2) is 0 Å². The van der Waals surface area contributed by atoms with Crippen LogP contribution in [0.3, 0.4) is 0 Å².